The first-order valence-corrected chi connectivity index (χ1v) is 20.4. The van der Waals surface area contributed by atoms with Gasteiger partial charge in [-0.1, -0.05) is 172 Å². The van der Waals surface area contributed by atoms with Crippen LogP contribution in [0.15, 0.2) is 176 Å². The maximum Gasteiger partial charge on any atom is 0.235 e. The molecule has 3 nitrogen and oxygen atoms in total. The minimum absolute atomic E-state index is 0.101. The Balaban J connectivity index is 1.31. The molecule has 11 rings (SSSR count). The fraction of sp³-hybridized carbons (Fsp3) is 0.0612. The average molecular weight is 694 g/mol. The Morgan fingerprint density at radius 2 is 1.09 bits per heavy atom. The second kappa shape index (κ2) is 11.1. The molecule has 0 amide bonds. The van der Waals surface area contributed by atoms with Crippen molar-refractivity contribution in [3.05, 3.63) is 187 Å². The zero-order valence-electron chi connectivity index (χ0n) is 29.6. The lowest BCUT2D eigenvalue weighted by molar-refractivity contribution is 0.661. The fourth-order valence-corrected chi connectivity index (χ4v) is 14.5. The first kappa shape index (κ1) is 30.3. The summed E-state index contributed by atoms with van der Waals surface area (Å²) in [5, 5.41) is 7.57. The molecule has 0 N–H and O–H groups in total. The van der Waals surface area contributed by atoms with Gasteiger partial charge in [0.1, 0.15) is 0 Å². The molecule has 0 fully saturated rings. The van der Waals surface area contributed by atoms with Crippen molar-refractivity contribution in [2.75, 3.05) is 0 Å². The Morgan fingerprint density at radius 1 is 0.491 bits per heavy atom. The van der Waals surface area contributed by atoms with E-state index in [9.17, 15) is 0 Å². The van der Waals surface area contributed by atoms with Crippen LogP contribution in [0.3, 0.4) is 0 Å². The van der Waals surface area contributed by atoms with Crippen LogP contribution in [-0.4, -0.2) is 22.6 Å². The number of para-hydroxylation sites is 1. The Kier molecular flexibility index (Phi) is 6.32. The fourth-order valence-electron chi connectivity index (χ4n) is 9.54. The largest absolute Gasteiger partial charge is 0.278 e. The summed E-state index contributed by atoms with van der Waals surface area (Å²) in [5.74, 6) is 0.704. The first-order valence-electron chi connectivity index (χ1n) is 18.4. The number of hydrogen-bond donors (Lipinski definition) is 0. The van der Waals surface area contributed by atoms with Crippen LogP contribution < -0.4 is 20.9 Å². The van der Waals surface area contributed by atoms with Crippen molar-refractivity contribution in [1.29, 1.82) is 0 Å². The highest BCUT2D eigenvalue weighted by atomic mass is 28.3. The number of hydrogen-bond acceptors (Lipinski definition) is 2. The lowest BCUT2D eigenvalue weighted by atomic mass is 9.82. The second-order valence-electron chi connectivity index (χ2n) is 14.9. The lowest BCUT2D eigenvalue weighted by Gasteiger charge is -2.30. The summed E-state index contributed by atoms with van der Waals surface area (Å²) in [7, 11) is -2.92. The Bertz CT molecular complexity index is 2870. The molecule has 4 heteroatoms. The highest BCUT2D eigenvalue weighted by molar-refractivity contribution is 7.21. The molecule has 0 unspecified atom stereocenters. The highest BCUT2D eigenvalue weighted by Crippen LogP contribution is 2.51. The normalized spacial score (nSPS) is 14.5. The molecule has 3 heterocycles. The van der Waals surface area contributed by atoms with Gasteiger partial charge in [0.15, 0.2) is 0 Å². The molecule has 250 valence electrons. The van der Waals surface area contributed by atoms with E-state index in [0.29, 0.717) is 5.95 Å². The lowest BCUT2D eigenvalue weighted by Crippen LogP contribution is -2.73. The molecule has 53 heavy (non-hydrogen) atoms. The molecule has 2 aliphatic rings. The topological polar surface area (TPSA) is 30.7 Å². The summed E-state index contributed by atoms with van der Waals surface area (Å²) in [6.07, 6.45) is 0. The van der Waals surface area contributed by atoms with Crippen molar-refractivity contribution < 1.29 is 0 Å². The third-order valence-corrected chi connectivity index (χ3v) is 16.6. The molecule has 0 bridgehead atoms. The summed E-state index contributed by atoms with van der Waals surface area (Å²) in [5.41, 5.74) is 11.9. The summed E-state index contributed by atoms with van der Waals surface area (Å²) < 4.78 is 2.34. The predicted molar refractivity (Wildman–Crippen MR) is 222 cm³/mol. The van der Waals surface area contributed by atoms with Crippen LogP contribution in [0.25, 0.3) is 61.3 Å². The van der Waals surface area contributed by atoms with Gasteiger partial charge in [-0.05, 0) is 61.6 Å². The third kappa shape index (κ3) is 4.04. The van der Waals surface area contributed by atoms with E-state index >= 15 is 0 Å². The minimum atomic E-state index is -2.92. The smallest absolute Gasteiger partial charge is 0.235 e. The molecule has 1 aliphatic heterocycles. The summed E-state index contributed by atoms with van der Waals surface area (Å²) in [6.45, 7) is 4.71. The molecule has 0 saturated heterocycles. The number of aromatic nitrogens is 3. The van der Waals surface area contributed by atoms with Crippen molar-refractivity contribution >= 4 is 50.8 Å². The van der Waals surface area contributed by atoms with Crippen molar-refractivity contribution in [1.82, 2.24) is 14.5 Å². The zero-order chi connectivity index (χ0) is 35.3. The molecule has 0 radical (unpaired) electrons. The van der Waals surface area contributed by atoms with Gasteiger partial charge in [0.2, 0.25) is 14.0 Å². The maximum absolute atomic E-state index is 5.88. The second-order valence-corrected chi connectivity index (χ2v) is 18.6. The monoisotopic (exact) mass is 693 g/mol. The molecule has 2 aromatic heterocycles. The van der Waals surface area contributed by atoms with Gasteiger partial charge in [0, 0.05) is 27.3 Å². The van der Waals surface area contributed by atoms with Gasteiger partial charge >= 0.3 is 0 Å². The molecule has 9 aromatic rings. The van der Waals surface area contributed by atoms with E-state index in [1.165, 1.54) is 54.1 Å². The van der Waals surface area contributed by atoms with Gasteiger partial charge in [0.05, 0.1) is 22.0 Å². The molecule has 0 spiro atoms. The predicted octanol–water partition coefficient (Wildman–Crippen LogP) is 8.90. The van der Waals surface area contributed by atoms with Crippen molar-refractivity contribution in [2.45, 2.75) is 19.3 Å². The van der Waals surface area contributed by atoms with Gasteiger partial charge < -0.3 is 0 Å². The van der Waals surface area contributed by atoms with Gasteiger partial charge in [-0.15, -0.1) is 0 Å². The standard InChI is InChI=1S/C49H35N3Si/c1-49(2)40-27-15-12-24-35(40)38-31-43-39(30-41(38)49)36-25-13-16-28-42(36)52(43)48-50-46(32-18-6-3-7-19-32)45-37-26-14-17-29-44(37)53(47(45)51-48,33-20-8-4-9-21-33)34-22-10-5-11-23-34/h3-31H,1-2H3. The SMILES string of the molecule is CC1(C)c2ccccc2-c2cc3c(cc21)c1ccccc1n3-c1nc(-c2ccccc2)c2c(n1)[Si](c1ccccc1)(c1ccccc1)c1ccccc1-2. The van der Waals surface area contributed by atoms with Gasteiger partial charge in [-0.3, -0.25) is 4.57 Å². The van der Waals surface area contributed by atoms with E-state index in [1.807, 2.05) is 0 Å². The van der Waals surface area contributed by atoms with Crippen molar-refractivity contribution in [3.63, 3.8) is 0 Å². The van der Waals surface area contributed by atoms with Gasteiger partial charge in [-0.25, -0.2) is 9.97 Å². The zero-order valence-corrected chi connectivity index (χ0v) is 30.6. The average Bonchev–Trinajstić information content (AvgIpc) is 3.79. The van der Waals surface area contributed by atoms with E-state index < -0.39 is 8.07 Å². The van der Waals surface area contributed by atoms with Crippen molar-refractivity contribution in [2.24, 2.45) is 0 Å². The van der Waals surface area contributed by atoms with Crippen LogP contribution in [0.2, 0.25) is 0 Å². The van der Waals surface area contributed by atoms with E-state index in [4.69, 9.17) is 9.97 Å². The third-order valence-electron chi connectivity index (χ3n) is 11.9. The van der Waals surface area contributed by atoms with E-state index in [-0.39, 0.29) is 5.41 Å². The van der Waals surface area contributed by atoms with Crippen LogP contribution in [0.4, 0.5) is 0 Å². The molecular weight excluding hydrogens is 659 g/mol. The Labute approximate surface area is 309 Å². The summed E-state index contributed by atoms with van der Waals surface area (Å²) in [6, 6.07) is 64.4. The van der Waals surface area contributed by atoms with Crippen LogP contribution in [-0.2, 0) is 5.41 Å². The van der Waals surface area contributed by atoms with E-state index in [1.54, 1.807) is 0 Å². The number of fused-ring (bicyclic) bond motifs is 9. The summed E-state index contributed by atoms with van der Waals surface area (Å²) >= 11 is 0. The number of benzene rings is 7. The van der Waals surface area contributed by atoms with E-state index in [2.05, 4.69) is 194 Å². The van der Waals surface area contributed by atoms with Crippen LogP contribution >= 0.6 is 0 Å². The molecule has 1 aliphatic carbocycles. The molecule has 0 saturated carbocycles. The number of nitrogens with zero attached hydrogens (tertiary/aromatic N) is 3. The minimum Gasteiger partial charge on any atom is -0.278 e. The maximum atomic E-state index is 5.88. The molecule has 0 atom stereocenters. The summed E-state index contributed by atoms with van der Waals surface area (Å²) in [4.78, 5) is 11.5. The van der Waals surface area contributed by atoms with Crippen LogP contribution in [0.5, 0.6) is 0 Å². The molecular formula is C49H35N3Si. The van der Waals surface area contributed by atoms with Crippen LogP contribution in [0, 0.1) is 0 Å². The van der Waals surface area contributed by atoms with E-state index in [0.717, 1.165) is 33.2 Å². The van der Waals surface area contributed by atoms with Crippen molar-refractivity contribution in [3.8, 4) is 39.5 Å². The quantitative estimate of drug-likeness (QED) is 0.173. The number of rotatable bonds is 4. The Morgan fingerprint density at radius 3 is 1.83 bits per heavy atom. The molecule has 7 aromatic carbocycles. The highest BCUT2D eigenvalue weighted by Gasteiger charge is 2.51. The van der Waals surface area contributed by atoms with Crippen LogP contribution in [0.1, 0.15) is 25.0 Å². The van der Waals surface area contributed by atoms with Gasteiger partial charge in [0.25, 0.3) is 0 Å². The van der Waals surface area contributed by atoms with Gasteiger partial charge in [-0.2, -0.15) is 0 Å². The first-order chi connectivity index (χ1) is 26.1. The Hall–Kier alpha value is -6.36.